The van der Waals surface area contributed by atoms with Crippen molar-refractivity contribution in [2.24, 2.45) is 0 Å². The molecule has 3 nitrogen and oxygen atoms in total. The van der Waals surface area contributed by atoms with Gasteiger partial charge < -0.3 is 5.11 Å². The summed E-state index contributed by atoms with van der Waals surface area (Å²) in [5, 5.41) is 14.2. The van der Waals surface area contributed by atoms with Gasteiger partial charge in [-0.15, -0.1) is 0 Å². The Morgan fingerprint density at radius 2 is 2.11 bits per heavy atom. The number of para-hydroxylation sites is 1. The fourth-order valence-electron chi connectivity index (χ4n) is 2.12. The highest BCUT2D eigenvalue weighted by atomic mass is 35.5. The van der Waals surface area contributed by atoms with Gasteiger partial charge in [0, 0.05) is 11.5 Å². The maximum Gasteiger partial charge on any atom is 0.150 e. The molecule has 100 valence electrons. The van der Waals surface area contributed by atoms with Crippen LogP contribution in [-0.4, -0.2) is 14.9 Å². The van der Waals surface area contributed by atoms with E-state index in [-0.39, 0.29) is 22.5 Å². The Morgan fingerprint density at radius 3 is 2.68 bits per heavy atom. The summed E-state index contributed by atoms with van der Waals surface area (Å²) in [4.78, 5) is 0. The maximum atomic E-state index is 13.9. The van der Waals surface area contributed by atoms with Crippen LogP contribution in [0.3, 0.4) is 0 Å². The van der Waals surface area contributed by atoms with Crippen molar-refractivity contribution >= 4 is 23.2 Å². The Morgan fingerprint density at radius 1 is 1.37 bits per heavy atom. The molecule has 1 saturated carbocycles. The van der Waals surface area contributed by atoms with Crippen LogP contribution in [-0.2, 0) is 6.61 Å². The van der Waals surface area contributed by atoms with Gasteiger partial charge in [-0.1, -0.05) is 29.3 Å². The lowest BCUT2D eigenvalue weighted by Crippen LogP contribution is -2.01. The first-order valence-electron chi connectivity index (χ1n) is 5.96. The molecule has 0 amide bonds. The highest BCUT2D eigenvalue weighted by molar-refractivity contribution is 6.33. The summed E-state index contributed by atoms with van der Waals surface area (Å²) >= 11 is 12.2. The van der Waals surface area contributed by atoms with E-state index in [9.17, 15) is 9.50 Å². The van der Waals surface area contributed by atoms with Crippen LogP contribution < -0.4 is 0 Å². The summed E-state index contributed by atoms with van der Waals surface area (Å²) in [5.74, 6) is -0.185. The highest BCUT2D eigenvalue weighted by Crippen LogP contribution is 2.43. The molecule has 1 aliphatic rings. The summed E-state index contributed by atoms with van der Waals surface area (Å²) in [6, 6.07) is 4.40. The molecule has 2 aromatic rings. The zero-order valence-corrected chi connectivity index (χ0v) is 11.4. The van der Waals surface area contributed by atoms with Crippen LogP contribution in [0.5, 0.6) is 0 Å². The number of hydrogen-bond acceptors (Lipinski definition) is 2. The Kier molecular flexibility index (Phi) is 3.25. The molecule has 6 heteroatoms. The topological polar surface area (TPSA) is 38.1 Å². The third-order valence-electron chi connectivity index (χ3n) is 3.22. The van der Waals surface area contributed by atoms with Crippen molar-refractivity contribution in [3.63, 3.8) is 0 Å². The molecule has 1 fully saturated rings. The molecule has 1 aliphatic carbocycles. The largest absolute Gasteiger partial charge is 0.391 e. The van der Waals surface area contributed by atoms with Gasteiger partial charge in [0.2, 0.25) is 0 Å². The fraction of sp³-hybridized carbons (Fsp3) is 0.308. The third kappa shape index (κ3) is 2.14. The van der Waals surface area contributed by atoms with E-state index in [2.05, 4.69) is 5.10 Å². The maximum absolute atomic E-state index is 13.9. The first-order valence-corrected chi connectivity index (χ1v) is 6.71. The van der Waals surface area contributed by atoms with Gasteiger partial charge in [0.05, 0.1) is 17.3 Å². The number of rotatable bonds is 3. The van der Waals surface area contributed by atoms with Gasteiger partial charge in [0.1, 0.15) is 16.7 Å². The Hall–Kier alpha value is -1.10. The third-order valence-corrected chi connectivity index (χ3v) is 3.92. The van der Waals surface area contributed by atoms with E-state index in [0.717, 1.165) is 18.5 Å². The van der Waals surface area contributed by atoms with Crippen LogP contribution in [0.1, 0.15) is 30.0 Å². The lowest BCUT2D eigenvalue weighted by molar-refractivity contribution is 0.280. The van der Waals surface area contributed by atoms with E-state index in [1.807, 2.05) is 0 Å². The van der Waals surface area contributed by atoms with Crippen LogP contribution in [0, 0.1) is 5.82 Å². The average molecular weight is 301 g/mol. The van der Waals surface area contributed by atoms with Gasteiger partial charge in [-0.3, -0.25) is 0 Å². The first kappa shape index (κ1) is 12.9. The number of aromatic nitrogens is 2. The van der Waals surface area contributed by atoms with Crippen molar-refractivity contribution in [3.8, 4) is 5.69 Å². The quantitative estimate of drug-likeness (QED) is 0.939. The normalized spacial score (nSPS) is 14.9. The van der Waals surface area contributed by atoms with E-state index in [1.165, 1.54) is 16.8 Å². The van der Waals surface area contributed by atoms with Crippen molar-refractivity contribution in [2.75, 3.05) is 0 Å². The number of benzene rings is 1. The summed E-state index contributed by atoms with van der Waals surface area (Å²) in [6.45, 7) is -0.212. The van der Waals surface area contributed by atoms with Gasteiger partial charge in [-0.05, 0) is 25.0 Å². The van der Waals surface area contributed by atoms with E-state index in [4.69, 9.17) is 23.2 Å². The standard InChI is InChI=1S/C13H11Cl2FN2O/c14-9-2-1-3-10(16)12(9)18-13(15)8(6-19)11(17-18)7-4-5-7/h1-3,7,19H,4-6H2. The Balaban J connectivity index is 2.20. The summed E-state index contributed by atoms with van der Waals surface area (Å²) in [7, 11) is 0. The van der Waals surface area contributed by atoms with Crippen molar-refractivity contribution in [1.82, 2.24) is 9.78 Å². The van der Waals surface area contributed by atoms with Crippen molar-refractivity contribution in [1.29, 1.82) is 0 Å². The van der Waals surface area contributed by atoms with Crippen molar-refractivity contribution in [2.45, 2.75) is 25.4 Å². The number of nitrogens with zero attached hydrogens (tertiary/aromatic N) is 2. The molecular weight excluding hydrogens is 290 g/mol. The Labute approximate surface area is 119 Å². The lowest BCUT2D eigenvalue weighted by atomic mass is 10.2. The van der Waals surface area contributed by atoms with E-state index in [1.54, 1.807) is 6.07 Å². The van der Waals surface area contributed by atoms with Crippen molar-refractivity contribution < 1.29 is 9.50 Å². The van der Waals surface area contributed by atoms with E-state index in [0.29, 0.717) is 11.5 Å². The second kappa shape index (κ2) is 4.78. The van der Waals surface area contributed by atoms with Crippen LogP contribution in [0.15, 0.2) is 18.2 Å². The SMILES string of the molecule is OCc1c(C2CC2)nn(-c2c(F)cccc2Cl)c1Cl. The molecule has 0 spiro atoms. The van der Waals surface area contributed by atoms with E-state index >= 15 is 0 Å². The highest BCUT2D eigenvalue weighted by Gasteiger charge is 2.32. The molecule has 3 rings (SSSR count). The zero-order valence-electron chi connectivity index (χ0n) is 9.91. The zero-order chi connectivity index (χ0) is 13.6. The molecule has 0 bridgehead atoms. The minimum Gasteiger partial charge on any atom is -0.391 e. The molecule has 1 aromatic carbocycles. The van der Waals surface area contributed by atoms with Gasteiger partial charge in [-0.2, -0.15) is 5.10 Å². The fourth-order valence-corrected chi connectivity index (χ4v) is 2.64. The number of aliphatic hydroxyl groups is 1. The number of halogens is 3. The van der Waals surface area contributed by atoms with Gasteiger partial charge in [0.15, 0.2) is 0 Å². The molecule has 0 unspecified atom stereocenters. The van der Waals surface area contributed by atoms with Gasteiger partial charge >= 0.3 is 0 Å². The molecule has 1 heterocycles. The molecule has 0 aliphatic heterocycles. The number of aliphatic hydroxyl groups excluding tert-OH is 1. The second-order valence-corrected chi connectivity index (χ2v) is 5.33. The molecule has 0 radical (unpaired) electrons. The van der Waals surface area contributed by atoms with E-state index < -0.39 is 5.82 Å². The smallest absolute Gasteiger partial charge is 0.150 e. The molecule has 19 heavy (non-hydrogen) atoms. The van der Waals surface area contributed by atoms with Crippen LogP contribution >= 0.6 is 23.2 Å². The molecule has 0 saturated heterocycles. The van der Waals surface area contributed by atoms with Crippen LogP contribution in [0.2, 0.25) is 10.2 Å². The summed E-state index contributed by atoms with van der Waals surface area (Å²) in [6.07, 6.45) is 2.04. The monoisotopic (exact) mass is 300 g/mol. The predicted octanol–water partition coefficient (Wildman–Crippen LogP) is 3.69. The van der Waals surface area contributed by atoms with Gasteiger partial charge in [-0.25, -0.2) is 9.07 Å². The summed E-state index contributed by atoms with van der Waals surface area (Å²) in [5.41, 5.74) is 1.42. The van der Waals surface area contributed by atoms with Crippen LogP contribution in [0.4, 0.5) is 4.39 Å². The first-order chi connectivity index (χ1) is 9.13. The molecule has 1 N–H and O–H groups in total. The molecule has 1 aromatic heterocycles. The average Bonchev–Trinajstić information content (AvgIpc) is 3.16. The summed E-state index contributed by atoms with van der Waals surface area (Å²) < 4.78 is 15.2. The predicted molar refractivity (Wildman–Crippen MR) is 71.4 cm³/mol. The second-order valence-electron chi connectivity index (χ2n) is 4.57. The van der Waals surface area contributed by atoms with Crippen molar-refractivity contribution in [3.05, 3.63) is 45.4 Å². The minimum atomic E-state index is -0.497. The number of hydrogen-bond donors (Lipinski definition) is 1. The molecular formula is C13H11Cl2FN2O. The molecule has 0 atom stereocenters. The van der Waals surface area contributed by atoms with Crippen LogP contribution in [0.25, 0.3) is 5.69 Å². The lowest BCUT2D eigenvalue weighted by Gasteiger charge is -2.06. The van der Waals surface area contributed by atoms with Gasteiger partial charge in [0.25, 0.3) is 0 Å². The minimum absolute atomic E-state index is 0.121. The Bertz CT molecular complexity index is 618.